The molecular weight excluding hydrogens is 381 g/mol. The molecule has 3 aliphatic heterocycles. The lowest BCUT2D eigenvalue weighted by molar-refractivity contribution is -0.822. The number of ether oxygens (including phenoxy) is 1. The molecule has 2 unspecified atom stereocenters. The van der Waals surface area contributed by atoms with Gasteiger partial charge in [-0.25, -0.2) is 0 Å². The summed E-state index contributed by atoms with van der Waals surface area (Å²) in [5.74, 6) is 1.39. The highest BCUT2D eigenvalue weighted by Crippen LogP contribution is 2.64. The van der Waals surface area contributed by atoms with Crippen molar-refractivity contribution in [3.8, 4) is 0 Å². The first-order valence-corrected chi connectivity index (χ1v) is 11.4. The molecule has 3 heterocycles. The lowest BCUT2D eigenvalue weighted by Crippen LogP contribution is -2.72. The third-order valence-electron chi connectivity index (χ3n) is 9.45. The molecule has 2 bridgehead atoms. The van der Waals surface area contributed by atoms with E-state index < -0.39 is 12.2 Å². The van der Waals surface area contributed by atoms with Gasteiger partial charge >= 0.3 is 18.6 Å². The Labute approximate surface area is 177 Å². The number of benzene rings is 1. The summed E-state index contributed by atoms with van der Waals surface area (Å²) in [4.78, 5) is 25.4. The molecule has 0 N–H and O–H groups in total. The zero-order chi connectivity index (χ0) is 20.9. The van der Waals surface area contributed by atoms with Gasteiger partial charge in [-0.3, -0.25) is 9.59 Å². The number of carbonyl (C=O) groups excluding carboxylic acids is 2. The van der Waals surface area contributed by atoms with Gasteiger partial charge in [0.25, 0.3) is 0 Å². The standard InChI is InChI=1S/C23H30BNO5/c1-22(2)17-10-9-16(18(22)11-17)12-25-13-19(26)29-24(25,30-20(27)14-25)23(3)21(28-23)15-7-5-4-6-8-15/h4-8,16-18,21H,9-14H2,1-3H3/t16?,17?,18-,21+,23-,24?,25?/m1/s1. The predicted molar refractivity (Wildman–Crippen MR) is 110 cm³/mol. The van der Waals surface area contributed by atoms with E-state index in [1.807, 2.05) is 37.3 Å². The van der Waals surface area contributed by atoms with E-state index in [2.05, 4.69) is 13.8 Å². The number of hydrogen-bond acceptors (Lipinski definition) is 5. The number of hydrogen-bond donors (Lipinski definition) is 0. The Bertz CT molecular complexity index is 911. The molecule has 7 heteroatoms. The lowest BCUT2D eigenvalue weighted by atomic mass is 9.45. The van der Waals surface area contributed by atoms with E-state index in [1.54, 1.807) is 0 Å². The molecule has 6 aliphatic rings. The van der Waals surface area contributed by atoms with Crippen LogP contribution in [0.15, 0.2) is 30.3 Å². The van der Waals surface area contributed by atoms with E-state index in [4.69, 9.17) is 14.0 Å². The number of nitrogens with zero attached hydrogens (tertiary/aromatic N) is 1. The summed E-state index contributed by atoms with van der Waals surface area (Å²) in [7, 11) is 0. The predicted octanol–water partition coefficient (Wildman–Crippen LogP) is 3.00. The molecule has 0 spiro atoms. The highest BCUT2D eigenvalue weighted by Gasteiger charge is 2.84. The first kappa shape index (κ1) is 18.9. The first-order valence-electron chi connectivity index (χ1n) is 11.4. The molecule has 6 fully saturated rings. The molecule has 3 saturated heterocycles. The Balaban J connectivity index is 1.37. The second kappa shape index (κ2) is 5.68. The number of carbonyl (C=O) groups is 2. The van der Waals surface area contributed by atoms with Gasteiger partial charge in [0.15, 0.2) is 0 Å². The maximum absolute atomic E-state index is 12.7. The molecule has 160 valence electrons. The molecule has 0 radical (unpaired) electrons. The van der Waals surface area contributed by atoms with Gasteiger partial charge in [-0.05, 0) is 42.1 Å². The summed E-state index contributed by atoms with van der Waals surface area (Å²) in [6, 6.07) is 9.95. The highest BCUT2D eigenvalue weighted by molar-refractivity contribution is 6.69. The molecular formula is C23H30BNO5. The molecule has 3 aliphatic carbocycles. The van der Waals surface area contributed by atoms with Crippen molar-refractivity contribution < 1.29 is 28.0 Å². The smallest absolute Gasteiger partial charge is 0.598 e. The van der Waals surface area contributed by atoms with Gasteiger partial charge in [0, 0.05) is 12.5 Å². The van der Waals surface area contributed by atoms with Crippen LogP contribution < -0.4 is 0 Å². The second-order valence-corrected chi connectivity index (χ2v) is 11.2. The third kappa shape index (κ3) is 2.18. The van der Waals surface area contributed by atoms with Gasteiger partial charge in [0.05, 0.1) is 6.10 Å². The van der Waals surface area contributed by atoms with Gasteiger partial charge < -0.3 is 18.4 Å². The van der Waals surface area contributed by atoms with Crippen molar-refractivity contribution in [2.75, 3.05) is 19.6 Å². The lowest BCUT2D eigenvalue weighted by Gasteiger charge is -2.61. The average molecular weight is 411 g/mol. The molecule has 6 nitrogen and oxygen atoms in total. The molecule has 0 aromatic heterocycles. The number of quaternary nitrogens is 1. The Hall–Kier alpha value is -1.86. The minimum atomic E-state index is -2.26. The van der Waals surface area contributed by atoms with Crippen molar-refractivity contribution in [3.63, 3.8) is 0 Å². The van der Waals surface area contributed by atoms with E-state index in [9.17, 15) is 9.59 Å². The fourth-order valence-corrected chi connectivity index (χ4v) is 7.71. The van der Waals surface area contributed by atoms with Gasteiger partial charge in [0.1, 0.15) is 18.6 Å². The quantitative estimate of drug-likeness (QED) is 0.563. The molecule has 0 amide bonds. The zero-order valence-electron chi connectivity index (χ0n) is 18.0. The summed E-state index contributed by atoms with van der Waals surface area (Å²) in [6.07, 6.45) is 3.43. The average Bonchev–Trinajstić information content (AvgIpc) is 3.23. The Kier molecular flexibility index (Phi) is 3.58. The summed E-state index contributed by atoms with van der Waals surface area (Å²) in [5, 5.41) is 0. The van der Waals surface area contributed by atoms with Crippen molar-refractivity contribution in [1.29, 1.82) is 0 Å². The van der Waals surface area contributed by atoms with Crippen LogP contribution in [0.4, 0.5) is 0 Å². The van der Waals surface area contributed by atoms with Crippen LogP contribution in [0.25, 0.3) is 0 Å². The van der Waals surface area contributed by atoms with E-state index in [-0.39, 0.29) is 31.1 Å². The zero-order valence-corrected chi connectivity index (χ0v) is 18.0. The Morgan fingerprint density at radius 3 is 2.30 bits per heavy atom. The van der Waals surface area contributed by atoms with E-state index in [0.29, 0.717) is 21.6 Å². The Morgan fingerprint density at radius 2 is 1.70 bits per heavy atom. The van der Waals surface area contributed by atoms with Crippen LogP contribution in [-0.4, -0.2) is 48.2 Å². The maximum atomic E-state index is 12.7. The summed E-state index contributed by atoms with van der Waals surface area (Å²) < 4.78 is 18.5. The minimum absolute atomic E-state index is 0.208. The van der Waals surface area contributed by atoms with Crippen LogP contribution in [0.3, 0.4) is 0 Å². The summed E-state index contributed by atoms with van der Waals surface area (Å²) in [6.45, 7) is 5.63. The molecule has 5 atom stereocenters. The fourth-order valence-electron chi connectivity index (χ4n) is 7.71. The van der Waals surface area contributed by atoms with Crippen molar-refractivity contribution in [2.45, 2.75) is 51.6 Å². The van der Waals surface area contributed by atoms with Crippen LogP contribution in [0.1, 0.15) is 51.7 Å². The van der Waals surface area contributed by atoms with E-state index in [1.165, 1.54) is 12.8 Å². The van der Waals surface area contributed by atoms with Crippen LogP contribution in [0, 0.1) is 23.2 Å². The Morgan fingerprint density at radius 1 is 1.03 bits per heavy atom. The van der Waals surface area contributed by atoms with Crippen LogP contribution in [0.2, 0.25) is 0 Å². The largest absolute Gasteiger partial charge is 0.617 e. The van der Waals surface area contributed by atoms with Crippen LogP contribution in [0.5, 0.6) is 0 Å². The van der Waals surface area contributed by atoms with Gasteiger partial charge in [-0.1, -0.05) is 51.1 Å². The van der Waals surface area contributed by atoms with Crippen molar-refractivity contribution in [1.82, 2.24) is 0 Å². The van der Waals surface area contributed by atoms with Crippen molar-refractivity contribution in [2.24, 2.45) is 23.2 Å². The maximum Gasteiger partial charge on any atom is 0.617 e. The molecule has 1 aromatic carbocycles. The fraction of sp³-hybridized carbons (Fsp3) is 0.652. The molecule has 1 aromatic rings. The third-order valence-corrected chi connectivity index (χ3v) is 9.45. The highest BCUT2D eigenvalue weighted by atomic mass is 16.7. The minimum Gasteiger partial charge on any atom is -0.598 e. The van der Waals surface area contributed by atoms with Gasteiger partial charge in [-0.15, -0.1) is 0 Å². The van der Waals surface area contributed by atoms with Crippen molar-refractivity contribution >= 4 is 18.6 Å². The topological polar surface area (TPSA) is 65.1 Å². The molecule has 3 saturated carbocycles. The monoisotopic (exact) mass is 411 g/mol. The number of fused-ring (bicyclic) bond motifs is 3. The SMILES string of the molecule is CC1(C)C2CCC(C[N+]34CC(=O)O[B-]3([C@]3(C)O[C@H]3c3ccccc3)OC(=O)C4)[C@H]1C2. The summed E-state index contributed by atoms with van der Waals surface area (Å²) in [5.41, 5.74) is 0.561. The molecule has 7 rings (SSSR count). The normalized spacial score (nSPS) is 47.8. The van der Waals surface area contributed by atoms with Crippen LogP contribution >= 0.6 is 0 Å². The summed E-state index contributed by atoms with van der Waals surface area (Å²) >= 11 is 0. The first-order chi connectivity index (χ1) is 14.2. The van der Waals surface area contributed by atoms with Crippen LogP contribution in [-0.2, 0) is 23.6 Å². The van der Waals surface area contributed by atoms with E-state index in [0.717, 1.165) is 24.4 Å². The number of rotatable bonds is 4. The molecule has 30 heavy (non-hydrogen) atoms. The van der Waals surface area contributed by atoms with Gasteiger partial charge in [-0.2, -0.15) is 0 Å². The second-order valence-electron chi connectivity index (χ2n) is 11.2. The van der Waals surface area contributed by atoms with E-state index >= 15 is 0 Å². The van der Waals surface area contributed by atoms with Gasteiger partial charge in [0.2, 0.25) is 0 Å². The van der Waals surface area contributed by atoms with Crippen molar-refractivity contribution in [3.05, 3.63) is 35.9 Å². The number of epoxide rings is 1.